The number of carbonyl (C=O) groups is 2. The molecule has 0 N–H and O–H groups in total. The Morgan fingerprint density at radius 3 is 2.30 bits per heavy atom. The molecular formula is C34H31ClN2O6S. The van der Waals surface area contributed by atoms with Gasteiger partial charge in [0.25, 0.3) is 0 Å². The van der Waals surface area contributed by atoms with Gasteiger partial charge in [-0.15, -0.1) is 0 Å². The predicted octanol–water partition coefficient (Wildman–Crippen LogP) is 6.82. The van der Waals surface area contributed by atoms with Crippen LogP contribution in [0.4, 0.5) is 5.69 Å². The Bertz CT molecular complexity index is 1890. The number of ether oxygens (including phenoxy) is 1. The highest BCUT2D eigenvalue weighted by atomic mass is 35.5. The van der Waals surface area contributed by atoms with E-state index in [1.54, 1.807) is 84.6 Å². The van der Waals surface area contributed by atoms with Crippen molar-refractivity contribution in [2.75, 3.05) is 12.0 Å². The lowest BCUT2D eigenvalue weighted by Crippen LogP contribution is -2.30. The first kappa shape index (κ1) is 31.0. The fourth-order valence-corrected chi connectivity index (χ4v) is 6.52. The summed E-state index contributed by atoms with van der Waals surface area (Å²) >= 11 is 6.05. The second-order valence-electron chi connectivity index (χ2n) is 10.4. The fourth-order valence-electron chi connectivity index (χ4n) is 4.98. The third kappa shape index (κ3) is 6.26. The van der Waals surface area contributed by atoms with Gasteiger partial charge in [-0.2, -0.15) is 4.31 Å². The fraction of sp³-hybridized carbons (Fsp3) is 0.176. The monoisotopic (exact) mass is 630 g/mol. The van der Waals surface area contributed by atoms with Gasteiger partial charge in [-0.3, -0.25) is 4.79 Å². The van der Waals surface area contributed by atoms with Crippen LogP contribution in [-0.2, 0) is 37.4 Å². The van der Waals surface area contributed by atoms with Crippen LogP contribution in [-0.4, -0.2) is 31.6 Å². The van der Waals surface area contributed by atoms with E-state index in [1.807, 2.05) is 32.0 Å². The molecule has 1 aromatic heterocycles. The summed E-state index contributed by atoms with van der Waals surface area (Å²) < 4.78 is 39.7. The summed E-state index contributed by atoms with van der Waals surface area (Å²) in [6.45, 7) is 5.67. The molecule has 5 rings (SSSR count). The topological polar surface area (TPSA) is 97.1 Å². The molecule has 0 saturated carbocycles. The zero-order valence-electron chi connectivity index (χ0n) is 24.7. The standard InChI is InChI=1S/C34H31ClN2O6S/c1-22-10-15-27(18-23(22)2)37-24(3)32(34(39)42-4)33(38)31(37)19-28-16-17-29(43-28)21-36(20-25-11-13-26(35)14-12-25)44(40,41)30-8-6-5-7-9-30/h5-19H,20-21H2,1-4H3/b31-19+. The zero-order valence-corrected chi connectivity index (χ0v) is 26.3. The number of nitrogens with zero attached hydrogens (tertiary/aromatic N) is 2. The molecule has 2 heterocycles. The number of methoxy groups -OCH3 is 1. The number of anilines is 1. The number of sulfonamides is 1. The lowest BCUT2D eigenvalue weighted by atomic mass is 10.1. The Morgan fingerprint density at radius 2 is 1.64 bits per heavy atom. The molecule has 4 aromatic rings. The number of hydrogen-bond donors (Lipinski definition) is 0. The molecule has 1 aliphatic heterocycles. The minimum Gasteiger partial charge on any atom is -0.465 e. The van der Waals surface area contributed by atoms with Crippen molar-refractivity contribution in [1.29, 1.82) is 0 Å². The maximum Gasteiger partial charge on any atom is 0.343 e. The van der Waals surface area contributed by atoms with E-state index in [-0.39, 0.29) is 29.3 Å². The molecule has 0 aliphatic carbocycles. The number of esters is 1. The van der Waals surface area contributed by atoms with Gasteiger partial charge in [0.15, 0.2) is 0 Å². The van der Waals surface area contributed by atoms with Gasteiger partial charge in [-0.05, 0) is 86.0 Å². The second-order valence-corrected chi connectivity index (χ2v) is 12.8. The van der Waals surface area contributed by atoms with Crippen LogP contribution >= 0.6 is 11.6 Å². The maximum atomic E-state index is 13.7. The molecule has 0 atom stereocenters. The van der Waals surface area contributed by atoms with Crippen molar-refractivity contribution in [2.24, 2.45) is 0 Å². The molecule has 1 aliphatic rings. The summed E-state index contributed by atoms with van der Waals surface area (Å²) in [5, 5.41) is 0.548. The first-order valence-corrected chi connectivity index (χ1v) is 15.6. The molecule has 44 heavy (non-hydrogen) atoms. The van der Waals surface area contributed by atoms with Crippen molar-refractivity contribution in [2.45, 2.75) is 38.8 Å². The Morgan fingerprint density at radius 1 is 0.932 bits per heavy atom. The van der Waals surface area contributed by atoms with Crippen LogP contribution in [0.3, 0.4) is 0 Å². The number of carbonyl (C=O) groups excluding carboxylic acids is 2. The molecule has 226 valence electrons. The van der Waals surface area contributed by atoms with Crippen molar-refractivity contribution in [3.63, 3.8) is 0 Å². The largest absolute Gasteiger partial charge is 0.465 e. The zero-order chi connectivity index (χ0) is 31.6. The van der Waals surface area contributed by atoms with Crippen LogP contribution in [0.5, 0.6) is 0 Å². The third-order valence-corrected chi connectivity index (χ3v) is 9.54. The lowest BCUT2D eigenvalue weighted by molar-refractivity contribution is -0.137. The van der Waals surface area contributed by atoms with Crippen molar-refractivity contribution in [3.05, 3.63) is 135 Å². The summed E-state index contributed by atoms with van der Waals surface area (Å²) in [4.78, 5) is 28.0. The van der Waals surface area contributed by atoms with Gasteiger partial charge in [-0.1, -0.05) is 48.0 Å². The molecule has 10 heteroatoms. The van der Waals surface area contributed by atoms with Crippen molar-refractivity contribution in [1.82, 2.24) is 4.31 Å². The molecule has 0 amide bonds. The second kappa shape index (κ2) is 12.7. The molecule has 0 bridgehead atoms. The van der Waals surface area contributed by atoms with Gasteiger partial charge in [0.1, 0.15) is 17.1 Å². The van der Waals surface area contributed by atoms with E-state index in [1.165, 1.54) is 11.4 Å². The molecule has 0 unspecified atom stereocenters. The maximum absolute atomic E-state index is 13.7. The van der Waals surface area contributed by atoms with Crippen molar-refractivity contribution < 1.29 is 27.2 Å². The number of halogens is 1. The number of aryl methyl sites for hydroxylation is 2. The van der Waals surface area contributed by atoms with Crippen LogP contribution in [0.2, 0.25) is 5.02 Å². The van der Waals surface area contributed by atoms with Crippen LogP contribution in [0.15, 0.2) is 111 Å². The minimum absolute atomic E-state index is 0.0631. The van der Waals surface area contributed by atoms with Crippen LogP contribution in [0.1, 0.15) is 35.1 Å². The summed E-state index contributed by atoms with van der Waals surface area (Å²) in [7, 11) is -2.67. The highest BCUT2D eigenvalue weighted by Crippen LogP contribution is 2.36. The smallest absolute Gasteiger partial charge is 0.343 e. The lowest BCUT2D eigenvalue weighted by Gasteiger charge is -2.22. The van der Waals surface area contributed by atoms with Gasteiger partial charge in [-0.25, -0.2) is 13.2 Å². The van der Waals surface area contributed by atoms with E-state index >= 15 is 0 Å². The van der Waals surface area contributed by atoms with E-state index in [0.717, 1.165) is 16.7 Å². The number of allylic oxidation sites excluding steroid dienone is 2. The van der Waals surface area contributed by atoms with Crippen LogP contribution < -0.4 is 4.90 Å². The van der Waals surface area contributed by atoms with Gasteiger partial charge >= 0.3 is 5.97 Å². The molecule has 8 nitrogen and oxygen atoms in total. The molecule has 0 spiro atoms. The summed E-state index contributed by atoms with van der Waals surface area (Å²) in [5.41, 5.74) is 4.15. The summed E-state index contributed by atoms with van der Waals surface area (Å²) in [6.07, 6.45) is 1.55. The van der Waals surface area contributed by atoms with Gasteiger partial charge in [0.2, 0.25) is 15.8 Å². The third-order valence-electron chi connectivity index (χ3n) is 7.48. The number of furan rings is 1. The van der Waals surface area contributed by atoms with Crippen molar-refractivity contribution >= 4 is 45.1 Å². The van der Waals surface area contributed by atoms with Gasteiger partial charge < -0.3 is 14.1 Å². The van der Waals surface area contributed by atoms with E-state index in [9.17, 15) is 18.0 Å². The molecule has 0 radical (unpaired) electrons. The number of rotatable bonds is 9. The minimum atomic E-state index is -3.90. The Kier molecular flexibility index (Phi) is 8.92. The molecule has 3 aromatic carbocycles. The van der Waals surface area contributed by atoms with Gasteiger partial charge in [0.05, 0.1) is 24.2 Å². The average Bonchev–Trinajstić information content (AvgIpc) is 3.56. The highest BCUT2D eigenvalue weighted by Gasteiger charge is 2.38. The van der Waals surface area contributed by atoms with E-state index in [2.05, 4.69) is 0 Å². The Balaban J connectivity index is 1.50. The predicted molar refractivity (Wildman–Crippen MR) is 169 cm³/mol. The summed E-state index contributed by atoms with van der Waals surface area (Å²) in [5.74, 6) is -0.540. The Labute approximate surface area is 261 Å². The molecular weight excluding hydrogens is 600 g/mol. The van der Waals surface area contributed by atoms with Crippen molar-refractivity contribution in [3.8, 4) is 0 Å². The number of hydrogen-bond acceptors (Lipinski definition) is 7. The van der Waals surface area contributed by atoms with Crippen LogP contribution in [0, 0.1) is 13.8 Å². The Hall–Kier alpha value is -4.44. The van der Waals surface area contributed by atoms with E-state index in [4.69, 9.17) is 20.8 Å². The molecule has 0 fully saturated rings. The number of ketones is 1. The summed E-state index contributed by atoms with van der Waals surface area (Å²) in [6, 6.07) is 24.2. The first-order valence-electron chi connectivity index (χ1n) is 13.8. The SMILES string of the molecule is COC(=O)C1=C(C)N(c2ccc(C)c(C)c2)/C(=C/c2ccc(CN(Cc3ccc(Cl)cc3)S(=O)(=O)c3ccccc3)o2)C1=O. The van der Waals surface area contributed by atoms with E-state index < -0.39 is 21.8 Å². The normalized spacial score (nSPS) is 14.6. The highest BCUT2D eigenvalue weighted by molar-refractivity contribution is 7.89. The molecule has 0 saturated heterocycles. The average molecular weight is 631 g/mol. The quantitative estimate of drug-likeness (QED) is 0.114. The number of Topliss-reactive ketones (excluding diaryl/α,β-unsaturated/α-hetero) is 1. The first-order chi connectivity index (χ1) is 21.0. The van der Waals surface area contributed by atoms with Gasteiger partial charge in [0, 0.05) is 29.0 Å². The van der Waals surface area contributed by atoms with E-state index in [0.29, 0.717) is 27.9 Å². The van der Waals surface area contributed by atoms with Crippen LogP contribution in [0.25, 0.3) is 6.08 Å². The number of benzene rings is 3.